The van der Waals surface area contributed by atoms with E-state index in [1.54, 1.807) is 0 Å². The minimum atomic E-state index is 0.518. The van der Waals surface area contributed by atoms with Crippen molar-refractivity contribution < 1.29 is 0 Å². The molecule has 1 aliphatic carbocycles. The zero-order chi connectivity index (χ0) is 13.2. The molecule has 1 saturated heterocycles. The van der Waals surface area contributed by atoms with Crippen molar-refractivity contribution in [1.29, 1.82) is 0 Å². The van der Waals surface area contributed by atoms with Gasteiger partial charge >= 0.3 is 0 Å². The van der Waals surface area contributed by atoms with Gasteiger partial charge in [-0.15, -0.1) is 0 Å². The van der Waals surface area contributed by atoms with Crippen LogP contribution in [-0.4, -0.2) is 55.6 Å². The molecule has 3 rings (SSSR count). The average Bonchev–Trinajstić information content (AvgIpc) is 2.79. The van der Waals surface area contributed by atoms with Gasteiger partial charge in [-0.3, -0.25) is 4.90 Å². The summed E-state index contributed by atoms with van der Waals surface area (Å²) in [5.41, 5.74) is 3.06. The van der Waals surface area contributed by atoms with E-state index >= 15 is 0 Å². The van der Waals surface area contributed by atoms with E-state index in [9.17, 15) is 0 Å². The lowest BCUT2D eigenvalue weighted by Gasteiger charge is -2.39. The first-order valence-corrected chi connectivity index (χ1v) is 7.53. The third-order valence-corrected chi connectivity index (χ3v) is 4.63. The van der Waals surface area contributed by atoms with Gasteiger partial charge in [0.15, 0.2) is 0 Å². The third kappa shape index (κ3) is 2.55. The molecule has 0 spiro atoms. The molecule has 1 N–H and O–H groups in total. The molecule has 0 aromatic heterocycles. The highest BCUT2D eigenvalue weighted by atomic mass is 15.3. The Bertz CT molecular complexity index is 424. The fourth-order valence-electron chi connectivity index (χ4n) is 3.53. The smallest absolute Gasteiger partial charge is 0.0484 e. The van der Waals surface area contributed by atoms with Crippen LogP contribution in [0.15, 0.2) is 24.3 Å². The third-order valence-electron chi connectivity index (χ3n) is 4.63. The first kappa shape index (κ1) is 13.1. The number of nitrogens with one attached hydrogen (secondary N) is 1. The van der Waals surface area contributed by atoms with E-state index in [1.807, 2.05) is 0 Å². The number of nitrogens with zero attached hydrogens (tertiary/aromatic N) is 2. The number of fused-ring (bicyclic) bond motifs is 1. The lowest BCUT2D eigenvalue weighted by Crippen LogP contribution is -2.52. The molecule has 1 heterocycles. The predicted molar refractivity (Wildman–Crippen MR) is 79.4 cm³/mol. The fraction of sp³-hybridized carbons (Fsp3) is 0.625. The van der Waals surface area contributed by atoms with Gasteiger partial charge in [-0.1, -0.05) is 31.2 Å². The Labute approximate surface area is 116 Å². The second kappa shape index (κ2) is 5.61. The Hall–Kier alpha value is -0.900. The Morgan fingerprint density at radius 3 is 2.63 bits per heavy atom. The summed E-state index contributed by atoms with van der Waals surface area (Å²) >= 11 is 0. The molecule has 1 aliphatic heterocycles. The summed E-state index contributed by atoms with van der Waals surface area (Å²) in [7, 11) is 2.22. The van der Waals surface area contributed by atoms with Gasteiger partial charge in [0.05, 0.1) is 0 Å². The van der Waals surface area contributed by atoms with Crippen molar-refractivity contribution in [2.45, 2.75) is 25.4 Å². The highest BCUT2D eigenvalue weighted by Gasteiger charge is 2.36. The lowest BCUT2D eigenvalue weighted by atomic mass is 10.1. The van der Waals surface area contributed by atoms with Gasteiger partial charge in [-0.05, 0) is 31.1 Å². The monoisotopic (exact) mass is 259 g/mol. The summed E-state index contributed by atoms with van der Waals surface area (Å²) in [5, 5.41) is 3.70. The molecule has 2 unspecified atom stereocenters. The number of benzene rings is 1. The summed E-state index contributed by atoms with van der Waals surface area (Å²) in [6.07, 6.45) is 1.21. The molecular weight excluding hydrogens is 234 g/mol. The van der Waals surface area contributed by atoms with Crippen molar-refractivity contribution >= 4 is 0 Å². The van der Waals surface area contributed by atoms with Gasteiger partial charge in [0.25, 0.3) is 0 Å². The van der Waals surface area contributed by atoms with E-state index in [0.29, 0.717) is 12.1 Å². The van der Waals surface area contributed by atoms with E-state index in [-0.39, 0.29) is 0 Å². The summed E-state index contributed by atoms with van der Waals surface area (Å²) in [6.45, 7) is 8.07. The first-order chi connectivity index (χ1) is 9.29. The number of hydrogen-bond donors (Lipinski definition) is 1. The molecule has 1 aromatic rings. The van der Waals surface area contributed by atoms with Crippen LogP contribution in [0.1, 0.15) is 24.1 Å². The molecule has 0 bridgehead atoms. The van der Waals surface area contributed by atoms with Crippen LogP contribution in [0.3, 0.4) is 0 Å². The highest BCUT2D eigenvalue weighted by Crippen LogP contribution is 2.34. The standard InChI is InChI=1S/C16H25N3/c1-3-17-16-14-7-5-4-6-13(14)12-15(16)19-10-8-18(2)9-11-19/h4-7,15-17H,3,8-12H2,1-2H3. The van der Waals surface area contributed by atoms with Crippen LogP contribution in [0.4, 0.5) is 0 Å². The Morgan fingerprint density at radius 2 is 1.89 bits per heavy atom. The minimum Gasteiger partial charge on any atom is -0.309 e. The molecule has 2 aliphatic rings. The van der Waals surface area contributed by atoms with Crippen LogP contribution < -0.4 is 5.32 Å². The normalized spacial score (nSPS) is 28.5. The summed E-state index contributed by atoms with van der Waals surface area (Å²) < 4.78 is 0. The quantitative estimate of drug-likeness (QED) is 0.888. The molecule has 104 valence electrons. The molecule has 3 heteroatoms. The van der Waals surface area contributed by atoms with Gasteiger partial charge in [-0.25, -0.2) is 0 Å². The van der Waals surface area contributed by atoms with Crippen LogP contribution in [0.2, 0.25) is 0 Å². The van der Waals surface area contributed by atoms with Gasteiger partial charge < -0.3 is 10.2 Å². The van der Waals surface area contributed by atoms with E-state index in [2.05, 4.69) is 53.4 Å². The molecule has 0 saturated carbocycles. The highest BCUT2D eigenvalue weighted by molar-refractivity contribution is 5.37. The minimum absolute atomic E-state index is 0.518. The SMILES string of the molecule is CCNC1c2ccccc2CC1N1CCN(C)CC1. The average molecular weight is 259 g/mol. The Kier molecular flexibility index (Phi) is 3.87. The topological polar surface area (TPSA) is 18.5 Å². The second-order valence-electron chi connectivity index (χ2n) is 5.84. The molecular formula is C16H25N3. The molecule has 2 atom stereocenters. The largest absolute Gasteiger partial charge is 0.309 e. The van der Waals surface area contributed by atoms with Crippen molar-refractivity contribution in [2.75, 3.05) is 39.8 Å². The predicted octanol–water partition coefficient (Wildman–Crippen LogP) is 1.51. The van der Waals surface area contributed by atoms with Crippen LogP contribution >= 0.6 is 0 Å². The van der Waals surface area contributed by atoms with Crippen molar-refractivity contribution in [3.8, 4) is 0 Å². The summed E-state index contributed by atoms with van der Waals surface area (Å²) in [5.74, 6) is 0. The van der Waals surface area contributed by atoms with Gasteiger partial charge in [-0.2, -0.15) is 0 Å². The van der Waals surface area contributed by atoms with Crippen LogP contribution in [0, 0.1) is 0 Å². The maximum atomic E-state index is 3.70. The zero-order valence-corrected chi connectivity index (χ0v) is 12.1. The van der Waals surface area contributed by atoms with Crippen molar-refractivity contribution in [2.24, 2.45) is 0 Å². The molecule has 1 fully saturated rings. The van der Waals surface area contributed by atoms with Gasteiger partial charge in [0.2, 0.25) is 0 Å². The fourth-order valence-corrected chi connectivity index (χ4v) is 3.53. The van der Waals surface area contributed by atoms with Crippen LogP contribution in [0.25, 0.3) is 0 Å². The molecule has 0 amide bonds. The molecule has 19 heavy (non-hydrogen) atoms. The second-order valence-corrected chi connectivity index (χ2v) is 5.84. The number of rotatable bonds is 3. The lowest BCUT2D eigenvalue weighted by molar-refractivity contribution is 0.0968. The Morgan fingerprint density at radius 1 is 1.16 bits per heavy atom. The number of likely N-dealkylation sites (N-methyl/N-ethyl adjacent to an activating group) is 2. The molecule has 3 nitrogen and oxygen atoms in total. The van der Waals surface area contributed by atoms with E-state index in [0.717, 1.165) is 6.54 Å². The van der Waals surface area contributed by atoms with Crippen molar-refractivity contribution in [3.05, 3.63) is 35.4 Å². The van der Waals surface area contributed by atoms with E-state index in [1.165, 1.54) is 43.7 Å². The maximum Gasteiger partial charge on any atom is 0.0484 e. The molecule has 0 radical (unpaired) electrons. The number of hydrogen-bond acceptors (Lipinski definition) is 3. The van der Waals surface area contributed by atoms with Crippen molar-refractivity contribution in [3.63, 3.8) is 0 Å². The van der Waals surface area contributed by atoms with Crippen LogP contribution in [0.5, 0.6) is 0 Å². The van der Waals surface area contributed by atoms with Gasteiger partial charge in [0.1, 0.15) is 0 Å². The summed E-state index contributed by atoms with van der Waals surface area (Å²) in [4.78, 5) is 5.12. The van der Waals surface area contributed by atoms with Crippen molar-refractivity contribution in [1.82, 2.24) is 15.1 Å². The van der Waals surface area contributed by atoms with Crippen LogP contribution in [-0.2, 0) is 6.42 Å². The maximum absolute atomic E-state index is 3.70. The Balaban J connectivity index is 1.79. The van der Waals surface area contributed by atoms with E-state index in [4.69, 9.17) is 0 Å². The zero-order valence-electron chi connectivity index (χ0n) is 12.1. The van der Waals surface area contributed by atoms with Gasteiger partial charge in [0, 0.05) is 38.3 Å². The first-order valence-electron chi connectivity index (χ1n) is 7.53. The molecule has 1 aromatic carbocycles. The van der Waals surface area contributed by atoms with E-state index < -0.39 is 0 Å². The summed E-state index contributed by atoms with van der Waals surface area (Å²) in [6, 6.07) is 10.1. The number of piperazine rings is 1.